The third-order valence-corrected chi connectivity index (χ3v) is 6.84. The van der Waals surface area contributed by atoms with Crippen LogP contribution in [0.2, 0.25) is 0 Å². The Labute approximate surface area is 238 Å². The number of aryl methyl sites for hydroxylation is 1. The van der Waals surface area contributed by atoms with E-state index in [9.17, 15) is 18.4 Å². The third kappa shape index (κ3) is 9.91. The zero-order valence-corrected chi connectivity index (χ0v) is 23.0. The van der Waals surface area contributed by atoms with Crippen molar-refractivity contribution in [2.45, 2.75) is 50.2 Å². The molecule has 218 valence electrons. The van der Waals surface area contributed by atoms with E-state index >= 15 is 0 Å². The summed E-state index contributed by atoms with van der Waals surface area (Å²) in [4.78, 5) is 29.0. The number of rotatable bonds is 12. The van der Waals surface area contributed by atoms with Crippen molar-refractivity contribution in [3.63, 3.8) is 0 Å². The van der Waals surface area contributed by atoms with Crippen LogP contribution in [-0.2, 0) is 20.7 Å². The lowest BCUT2D eigenvalue weighted by Crippen LogP contribution is -2.49. The minimum Gasteiger partial charge on any atom is -0.448 e. The molecule has 1 aliphatic heterocycles. The quantitative estimate of drug-likeness (QED) is 0.288. The van der Waals surface area contributed by atoms with E-state index in [4.69, 9.17) is 9.47 Å². The van der Waals surface area contributed by atoms with Crippen molar-refractivity contribution in [1.82, 2.24) is 15.6 Å². The predicted octanol–water partition coefficient (Wildman–Crippen LogP) is 4.91. The van der Waals surface area contributed by atoms with Gasteiger partial charge < -0.3 is 25.4 Å². The highest BCUT2D eigenvalue weighted by atomic mass is 19.3. The summed E-state index contributed by atoms with van der Waals surface area (Å²) in [6.45, 7) is 0.829. The van der Waals surface area contributed by atoms with E-state index in [-0.39, 0.29) is 30.6 Å². The van der Waals surface area contributed by atoms with Gasteiger partial charge in [0.2, 0.25) is 5.91 Å². The molecule has 2 atom stereocenters. The molecule has 2 aromatic carbocycles. The lowest BCUT2D eigenvalue weighted by Gasteiger charge is -2.30. The van der Waals surface area contributed by atoms with E-state index in [1.54, 1.807) is 12.4 Å². The van der Waals surface area contributed by atoms with Crippen molar-refractivity contribution >= 4 is 17.7 Å². The van der Waals surface area contributed by atoms with Crippen molar-refractivity contribution < 1.29 is 27.8 Å². The first kappa shape index (κ1) is 30.1. The number of hydrogen-bond acceptors (Lipinski definition) is 6. The Morgan fingerprint density at radius 2 is 1.78 bits per heavy atom. The number of nitrogens with one attached hydrogen (secondary N) is 3. The minimum absolute atomic E-state index is 0.0152. The van der Waals surface area contributed by atoms with Gasteiger partial charge in [-0.1, -0.05) is 60.7 Å². The van der Waals surface area contributed by atoms with Crippen molar-refractivity contribution in [3.05, 3.63) is 95.8 Å². The van der Waals surface area contributed by atoms with Gasteiger partial charge >= 0.3 is 6.09 Å². The second-order valence-electron chi connectivity index (χ2n) is 10.3. The number of nitrogens with zero attached hydrogens (tertiary/aromatic N) is 1. The number of aromatic nitrogens is 1. The van der Waals surface area contributed by atoms with Crippen molar-refractivity contribution in [1.29, 1.82) is 0 Å². The van der Waals surface area contributed by atoms with E-state index in [0.29, 0.717) is 38.1 Å². The van der Waals surface area contributed by atoms with Gasteiger partial charge in [0.25, 0.3) is 5.92 Å². The number of hydrogen-bond donors (Lipinski definition) is 3. The number of ether oxygens (including phenoxy) is 2. The SMILES string of the molecule is CC(F)(F)CNC(=O)OC[C@@H]1CO[C@H](CCc2ccncc2NC(=O)CC(c2ccccc2)c2ccccc2)CN1. The van der Waals surface area contributed by atoms with Crippen LogP contribution < -0.4 is 16.0 Å². The van der Waals surface area contributed by atoms with Crippen LogP contribution in [0.4, 0.5) is 19.3 Å². The largest absolute Gasteiger partial charge is 0.448 e. The molecule has 0 bridgehead atoms. The van der Waals surface area contributed by atoms with Crippen LogP contribution in [0.25, 0.3) is 0 Å². The zero-order valence-electron chi connectivity index (χ0n) is 23.0. The van der Waals surface area contributed by atoms with Crippen LogP contribution in [-0.4, -0.2) is 61.4 Å². The van der Waals surface area contributed by atoms with Gasteiger partial charge in [0, 0.05) is 32.0 Å². The number of anilines is 1. The number of halogens is 2. The van der Waals surface area contributed by atoms with Crippen LogP contribution in [0.15, 0.2) is 79.1 Å². The fourth-order valence-corrected chi connectivity index (χ4v) is 4.67. The lowest BCUT2D eigenvalue weighted by atomic mass is 9.88. The molecule has 0 aliphatic carbocycles. The molecular weight excluding hydrogens is 530 g/mol. The summed E-state index contributed by atoms with van der Waals surface area (Å²) >= 11 is 0. The van der Waals surface area contributed by atoms with Crippen molar-refractivity contribution in [2.75, 3.05) is 31.6 Å². The molecule has 1 saturated heterocycles. The molecule has 2 heterocycles. The highest BCUT2D eigenvalue weighted by molar-refractivity contribution is 5.92. The van der Waals surface area contributed by atoms with E-state index < -0.39 is 18.6 Å². The number of benzene rings is 2. The molecule has 1 aliphatic rings. The lowest BCUT2D eigenvalue weighted by molar-refractivity contribution is -0.116. The Morgan fingerprint density at radius 1 is 1.10 bits per heavy atom. The molecule has 3 N–H and O–H groups in total. The highest BCUT2D eigenvalue weighted by Crippen LogP contribution is 2.29. The standard InChI is InChI=1S/C31H36F2N4O4/c1-31(32,33)21-36-30(39)41-20-25-19-40-26(17-35-25)13-12-24-14-15-34-18-28(24)37-29(38)16-27(22-8-4-2-5-9-22)23-10-6-3-7-11-23/h2-11,14-15,18,25-27,35H,12-13,16-17,19-21H2,1H3,(H,36,39)(H,37,38)/t25-,26+/m0/s1. The Hall–Kier alpha value is -3.89. The van der Waals surface area contributed by atoms with Gasteiger partial charge in [0.1, 0.15) is 6.61 Å². The maximum Gasteiger partial charge on any atom is 0.407 e. The van der Waals surface area contributed by atoms with E-state index in [0.717, 1.165) is 23.6 Å². The number of morpholine rings is 1. The first-order valence-corrected chi connectivity index (χ1v) is 13.7. The van der Waals surface area contributed by atoms with Crippen LogP contribution >= 0.6 is 0 Å². The van der Waals surface area contributed by atoms with Crippen molar-refractivity contribution in [2.24, 2.45) is 0 Å². The van der Waals surface area contributed by atoms with Gasteiger partial charge in [-0.3, -0.25) is 9.78 Å². The summed E-state index contributed by atoms with van der Waals surface area (Å²) in [5.41, 5.74) is 3.79. The summed E-state index contributed by atoms with van der Waals surface area (Å²) in [5, 5.41) is 8.38. The average Bonchev–Trinajstić information content (AvgIpc) is 2.98. The van der Waals surface area contributed by atoms with Gasteiger partial charge in [0.15, 0.2) is 0 Å². The number of amides is 2. The second-order valence-corrected chi connectivity index (χ2v) is 10.3. The molecular formula is C31H36F2N4O4. The van der Waals surface area contributed by atoms with E-state index in [2.05, 4.69) is 15.6 Å². The molecule has 41 heavy (non-hydrogen) atoms. The van der Waals surface area contributed by atoms with Gasteiger partial charge in [-0.15, -0.1) is 0 Å². The number of pyridine rings is 1. The van der Waals surface area contributed by atoms with Crippen LogP contribution in [0.1, 0.15) is 42.4 Å². The van der Waals surface area contributed by atoms with E-state index in [1.165, 1.54) is 0 Å². The van der Waals surface area contributed by atoms with Gasteiger partial charge in [-0.2, -0.15) is 0 Å². The first-order valence-electron chi connectivity index (χ1n) is 13.7. The topological polar surface area (TPSA) is 102 Å². The maximum atomic E-state index is 13.2. The molecule has 0 radical (unpaired) electrons. The summed E-state index contributed by atoms with van der Waals surface area (Å²) in [5.74, 6) is -3.17. The Kier molecular flexibility index (Phi) is 10.8. The highest BCUT2D eigenvalue weighted by Gasteiger charge is 2.25. The maximum absolute atomic E-state index is 13.2. The molecule has 3 aromatic rings. The van der Waals surface area contributed by atoms with Gasteiger partial charge in [0.05, 0.1) is 37.2 Å². The number of carbonyl (C=O) groups excluding carboxylic acids is 2. The summed E-state index contributed by atoms with van der Waals surface area (Å²) in [7, 11) is 0. The first-order chi connectivity index (χ1) is 19.8. The average molecular weight is 567 g/mol. The monoisotopic (exact) mass is 566 g/mol. The molecule has 1 fully saturated rings. The second kappa shape index (κ2) is 14.7. The Balaban J connectivity index is 1.26. The Bertz CT molecular complexity index is 1210. The molecule has 10 heteroatoms. The van der Waals surface area contributed by atoms with Gasteiger partial charge in [-0.25, -0.2) is 13.6 Å². The third-order valence-electron chi connectivity index (χ3n) is 6.84. The fraction of sp³-hybridized carbons (Fsp3) is 0.387. The molecule has 2 amide bonds. The van der Waals surface area contributed by atoms with Crippen LogP contribution in [0.5, 0.6) is 0 Å². The van der Waals surface area contributed by atoms with Crippen LogP contribution in [0, 0.1) is 0 Å². The van der Waals surface area contributed by atoms with Crippen molar-refractivity contribution in [3.8, 4) is 0 Å². The summed E-state index contributed by atoms with van der Waals surface area (Å²) < 4.78 is 36.6. The van der Waals surface area contributed by atoms with E-state index in [1.807, 2.05) is 72.0 Å². The molecule has 0 unspecified atom stereocenters. The molecule has 8 nitrogen and oxygen atoms in total. The minimum atomic E-state index is -3.00. The molecule has 0 saturated carbocycles. The normalized spacial score (nSPS) is 17.2. The zero-order chi connectivity index (χ0) is 29.1. The Morgan fingerprint density at radius 3 is 2.39 bits per heavy atom. The van der Waals surface area contributed by atoms with Gasteiger partial charge in [-0.05, 0) is 35.6 Å². The fourth-order valence-electron chi connectivity index (χ4n) is 4.67. The number of alkyl carbamates (subject to hydrolysis) is 1. The smallest absolute Gasteiger partial charge is 0.407 e. The number of carbonyl (C=O) groups is 2. The molecule has 0 spiro atoms. The molecule has 1 aromatic heterocycles. The summed E-state index contributed by atoms with van der Waals surface area (Å²) in [6, 6.07) is 21.7. The molecule has 4 rings (SSSR count). The van der Waals surface area contributed by atoms with Crippen LogP contribution in [0.3, 0.4) is 0 Å². The number of alkyl halides is 2. The predicted molar refractivity (Wildman–Crippen MR) is 152 cm³/mol. The summed E-state index contributed by atoms with van der Waals surface area (Å²) in [6.07, 6.45) is 4.07.